The lowest BCUT2D eigenvalue weighted by Crippen LogP contribution is -1.92. The normalized spacial score (nSPS) is 11.9. The Hall–Kier alpha value is -4.40. The van der Waals surface area contributed by atoms with Crippen molar-refractivity contribution >= 4 is 29.0 Å². The molecular formula is C28H20N2O2. The van der Waals surface area contributed by atoms with Gasteiger partial charge in [0.15, 0.2) is 11.5 Å². The Balaban J connectivity index is 1.51. The number of para-hydroxylation sites is 2. The van der Waals surface area contributed by atoms with Crippen LogP contribution in [0.25, 0.3) is 5.57 Å². The minimum absolute atomic E-state index is 0.255. The Kier molecular flexibility index (Phi) is 5.60. The molecule has 4 nitrogen and oxygen atoms in total. The highest BCUT2D eigenvalue weighted by Crippen LogP contribution is 2.33. The first-order valence-corrected chi connectivity index (χ1v) is 10.3. The van der Waals surface area contributed by atoms with Gasteiger partial charge in [0.05, 0.1) is 16.9 Å². The Bertz CT molecular complexity index is 1280. The Morgan fingerprint density at radius 3 is 2.03 bits per heavy atom. The minimum Gasteiger partial charge on any atom is -0.454 e. The molecule has 0 aliphatic carbocycles. The molecule has 0 atom stereocenters. The summed E-state index contributed by atoms with van der Waals surface area (Å²) >= 11 is 0. The molecule has 0 saturated heterocycles. The molecule has 4 aromatic rings. The van der Waals surface area contributed by atoms with Crippen LogP contribution in [-0.4, -0.2) is 18.9 Å². The largest absolute Gasteiger partial charge is 0.454 e. The molecule has 32 heavy (non-hydrogen) atoms. The fourth-order valence-electron chi connectivity index (χ4n) is 3.43. The molecule has 0 saturated carbocycles. The maximum atomic E-state index is 5.45. The van der Waals surface area contributed by atoms with Gasteiger partial charge in [-0.2, -0.15) is 0 Å². The van der Waals surface area contributed by atoms with E-state index in [1.807, 2.05) is 78.9 Å². The Morgan fingerprint density at radius 1 is 0.688 bits per heavy atom. The van der Waals surface area contributed by atoms with Gasteiger partial charge in [0.1, 0.15) is 0 Å². The number of benzene rings is 4. The third-order valence-corrected chi connectivity index (χ3v) is 5.04. The van der Waals surface area contributed by atoms with Gasteiger partial charge in [0.2, 0.25) is 6.79 Å². The zero-order valence-corrected chi connectivity index (χ0v) is 17.3. The van der Waals surface area contributed by atoms with Crippen molar-refractivity contribution in [2.24, 2.45) is 9.98 Å². The summed E-state index contributed by atoms with van der Waals surface area (Å²) in [5, 5.41) is 0. The summed E-state index contributed by atoms with van der Waals surface area (Å²) in [7, 11) is 0. The van der Waals surface area contributed by atoms with Crippen LogP contribution in [0.3, 0.4) is 0 Å². The van der Waals surface area contributed by atoms with E-state index in [4.69, 9.17) is 9.47 Å². The highest BCUT2D eigenvalue weighted by molar-refractivity contribution is 5.99. The van der Waals surface area contributed by atoms with E-state index in [9.17, 15) is 0 Å². The van der Waals surface area contributed by atoms with Crippen LogP contribution in [-0.2, 0) is 0 Å². The van der Waals surface area contributed by atoms with Crippen molar-refractivity contribution in [3.8, 4) is 11.5 Å². The van der Waals surface area contributed by atoms with Crippen LogP contribution in [0.1, 0.15) is 16.7 Å². The van der Waals surface area contributed by atoms with Crippen molar-refractivity contribution in [2.45, 2.75) is 0 Å². The molecule has 0 amide bonds. The number of hydrogen-bond acceptors (Lipinski definition) is 4. The highest BCUT2D eigenvalue weighted by Gasteiger charge is 2.12. The van der Waals surface area contributed by atoms with E-state index in [2.05, 4.69) is 40.1 Å². The van der Waals surface area contributed by atoms with Crippen molar-refractivity contribution in [1.29, 1.82) is 0 Å². The molecule has 0 bridgehead atoms. The first kappa shape index (κ1) is 19.6. The van der Waals surface area contributed by atoms with Crippen LogP contribution >= 0.6 is 0 Å². The summed E-state index contributed by atoms with van der Waals surface area (Å²) in [5.74, 6) is 4.76. The standard InChI is InChI=1S/C28H20N2O2/c1-3-9-22(10-4-1)24(23-11-5-2-6-12-23)19-30-26-14-8-7-13-25(26)29-18-21-15-16-27-28(17-21)32-20-31-27/h1-18H,20H2. The lowest BCUT2D eigenvalue weighted by molar-refractivity contribution is 0.174. The predicted octanol–water partition coefficient (Wildman–Crippen LogP) is 6.60. The van der Waals surface area contributed by atoms with Crippen molar-refractivity contribution in [3.63, 3.8) is 0 Å². The van der Waals surface area contributed by atoms with Crippen molar-refractivity contribution in [1.82, 2.24) is 0 Å². The summed E-state index contributed by atoms with van der Waals surface area (Å²) < 4.78 is 10.8. The first-order chi connectivity index (χ1) is 15.9. The third-order valence-electron chi connectivity index (χ3n) is 5.04. The number of ether oxygens (including phenoxy) is 2. The zero-order valence-electron chi connectivity index (χ0n) is 17.3. The van der Waals surface area contributed by atoms with Crippen molar-refractivity contribution in [3.05, 3.63) is 120 Å². The molecule has 4 heteroatoms. The average Bonchev–Trinajstić information content (AvgIpc) is 3.33. The van der Waals surface area contributed by atoms with Gasteiger partial charge < -0.3 is 9.47 Å². The second kappa shape index (κ2) is 9.17. The fourth-order valence-corrected chi connectivity index (χ4v) is 3.43. The van der Waals surface area contributed by atoms with Crippen LogP contribution in [0.5, 0.6) is 11.5 Å². The molecule has 1 aliphatic rings. The molecule has 5 rings (SSSR count). The topological polar surface area (TPSA) is 43.2 Å². The summed E-state index contributed by atoms with van der Waals surface area (Å²) in [6, 6.07) is 33.9. The van der Waals surface area contributed by atoms with Gasteiger partial charge in [-0.15, -0.1) is 0 Å². The molecule has 0 radical (unpaired) electrons. The average molecular weight is 416 g/mol. The number of hydrogen-bond donors (Lipinski definition) is 0. The molecule has 0 aromatic heterocycles. The van der Waals surface area contributed by atoms with Crippen molar-refractivity contribution < 1.29 is 9.47 Å². The van der Waals surface area contributed by atoms with Crippen LogP contribution < -0.4 is 9.47 Å². The van der Waals surface area contributed by atoms with Gasteiger partial charge in [0.25, 0.3) is 0 Å². The number of rotatable bonds is 5. The van der Waals surface area contributed by atoms with E-state index >= 15 is 0 Å². The lowest BCUT2D eigenvalue weighted by atomic mass is 9.99. The summed E-state index contributed by atoms with van der Waals surface area (Å²) in [6.45, 7) is 0.255. The van der Waals surface area contributed by atoms with Crippen LogP contribution in [0.15, 0.2) is 113 Å². The van der Waals surface area contributed by atoms with Crippen LogP contribution in [0, 0.1) is 0 Å². The zero-order chi connectivity index (χ0) is 21.6. The number of aliphatic imine (C=N–C) groups is 2. The van der Waals surface area contributed by atoms with E-state index in [1.54, 1.807) is 6.21 Å². The van der Waals surface area contributed by atoms with Gasteiger partial charge in [-0.3, -0.25) is 4.99 Å². The molecule has 0 unspecified atom stereocenters. The monoisotopic (exact) mass is 416 g/mol. The van der Waals surface area contributed by atoms with Gasteiger partial charge in [-0.05, 0) is 52.9 Å². The van der Waals surface area contributed by atoms with Gasteiger partial charge in [-0.1, -0.05) is 72.8 Å². The van der Waals surface area contributed by atoms with E-state index in [0.29, 0.717) is 0 Å². The first-order valence-electron chi connectivity index (χ1n) is 10.3. The Morgan fingerprint density at radius 2 is 1.31 bits per heavy atom. The lowest BCUT2D eigenvalue weighted by Gasteiger charge is -2.05. The molecule has 154 valence electrons. The molecule has 1 heterocycles. The molecule has 1 aliphatic heterocycles. The van der Waals surface area contributed by atoms with E-state index in [-0.39, 0.29) is 6.79 Å². The number of nitrogens with zero attached hydrogens (tertiary/aromatic N) is 2. The SMILES string of the molecule is C(=Nc1ccccc1N=Cc1ccc2c(c1)OCO2)=C(c1ccccc1)c1ccccc1. The smallest absolute Gasteiger partial charge is 0.231 e. The third kappa shape index (κ3) is 4.36. The van der Waals surface area contributed by atoms with E-state index in [1.165, 1.54) is 0 Å². The second-order valence-electron chi connectivity index (χ2n) is 7.19. The van der Waals surface area contributed by atoms with Crippen LogP contribution in [0.2, 0.25) is 0 Å². The Labute approximate surface area is 186 Å². The highest BCUT2D eigenvalue weighted by atomic mass is 16.7. The number of fused-ring (bicyclic) bond motifs is 1. The molecular weight excluding hydrogens is 396 g/mol. The molecule has 0 spiro atoms. The van der Waals surface area contributed by atoms with E-state index < -0.39 is 0 Å². The summed E-state index contributed by atoms with van der Waals surface area (Å²) in [4.78, 5) is 9.34. The van der Waals surface area contributed by atoms with Gasteiger partial charge in [-0.25, -0.2) is 4.99 Å². The minimum atomic E-state index is 0.255. The van der Waals surface area contributed by atoms with Gasteiger partial charge >= 0.3 is 0 Å². The van der Waals surface area contributed by atoms with E-state index in [0.717, 1.165) is 45.1 Å². The molecule has 0 fully saturated rings. The second-order valence-corrected chi connectivity index (χ2v) is 7.19. The van der Waals surface area contributed by atoms with Gasteiger partial charge in [0, 0.05) is 6.21 Å². The molecule has 0 N–H and O–H groups in total. The predicted molar refractivity (Wildman–Crippen MR) is 129 cm³/mol. The summed E-state index contributed by atoms with van der Waals surface area (Å²) in [5.41, 5.74) is 5.48. The summed E-state index contributed by atoms with van der Waals surface area (Å²) in [6.07, 6.45) is 1.80. The maximum Gasteiger partial charge on any atom is 0.231 e. The quantitative estimate of drug-likeness (QED) is 0.344. The van der Waals surface area contributed by atoms with Crippen molar-refractivity contribution in [2.75, 3.05) is 6.79 Å². The fraction of sp³-hybridized carbons (Fsp3) is 0.0357. The molecule has 4 aromatic carbocycles. The maximum absolute atomic E-state index is 5.45. The van der Waals surface area contributed by atoms with Crippen LogP contribution in [0.4, 0.5) is 11.4 Å².